The van der Waals surface area contributed by atoms with Gasteiger partial charge in [-0.05, 0) is 6.07 Å². The number of carbonyl (C=O) groups excluding carboxylic acids is 1. The highest BCUT2D eigenvalue weighted by molar-refractivity contribution is 9.09. The predicted octanol–water partition coefficient (Wildman–Crippen LogP) is 2.31. The summed E-state index contributed by atoms with van der Waals surface area (Å²) in [6.45, 7) is 0. The third-order valence-electron chi connectivity index (χ3n) is 1.19. The zero-order chi connectivity index (χ0) is 8.27. The molecule has 0 fully saturated rings. The van der Waals surface area contributed by atoms with Gasteiger partial charge in [0.15, 0.2) is 5.78 Å². The molecule has 0 unspecified atom stereocenters. The molecule has 4 heteroatoms. The van der Waals surface area contributed by atoms with Gasteiger partial charge in [0.25, 0.3) is 0 Å². The molecule has 0 aliphatic carbocycles. The summed E-state index contributed by atoms with van der Waals surface area (Å²) in [4.78, 5) is 14.8. The van der Waals surface area contributed by atoms with Crippen LogP contribution in [0.4, 0.5) is 0 Å². The van der Waals surface area contributed by atoms with E-state index in [1.54, 1.807) is 12.3 Å². The maximum absolute atomic E-state index is 11.1. The molecule has 11 heavy (non-hydrogen) atoms. The molecule has 0 saturated heterocycles. The Morgan fingerprint density at radius 1 is 1.73 bits per heavy atom. The van der Waals surface area contributed by atoms with E-state index in [4.69, 9.17) is 11.6 Å². The van der Waals surface area contributed by atoms with Crippen molar-refractivity contribution in [2.24, 2.45) is 0 Å². The number of pyridine rings is 1. The van der Waals surface area contributed by atoms with Crippen molar-refractivity contribution in [2.75, 3.05) is 5.33 Å². The second-order valence-electron chi connectivity index (χ2n) is 1.91. The van der Waals surface area contributed by atoms with E-state index in [1.807, 2.05) is 0 Å². The van der Waals surface area contributed by atoms with Crippen molar-refractivity contribution in [3.05, 3.63) is 29.0 Å². The largest absolute Gasteiger partial charge is 0.293 e. The monoisotopic (exact) mass is 233 g/mol. The van der Waals surface area contributed by atoms with Crippen molar-refractivity contribution < 1.29 is 4.79 Å². The molecule has 58 valence electrons. The van der Waals surface area contributed by atoms with E-state index in [1.165, 1.54) is 6.20 Å². The smallest absolute Gasteiger partial charge is 0.174 e. The van der Waals surface area contributed by atoms with Crippen molar-refractivity contribution >= 4 is 33.3 Å². The molecular weight excluding hydrogens is 229 g/mol. The maximum atomic E-state index is 11.1. The number of halogens is 2. The number of Topliss-reactive ketones (excluding diaryl/α,β-unsaturated/α-hetero) is 1. The van der Waals surface area contributed by atoms with Gasteiger partial charge in [0.05, 0.1) is 10.4 Å². The Labute approximate surface area is 77.7 Å². The van der Waals surface area contributed by atoms with Crippen LogP contribution in [0.5, 0.6) is 0 Å². The molecule has 0 N–H and O–H groups in total. The van der Waals surface area contributed by atoms with E-state index < -0.39 is 0 Å². The van der Waals surface area contributed by atoms with Crippen LogP contribution in [0.3, 0.4) is 0 Å². The Kier molecular flexibility index (Phi) is 3.02. The summed E-state index contributed by atoms with van der Waals surface area (Å²) in [5, 5.41) is 0.688. The van der Waals surface area contributed by atoms with Crippen molar-refractivity contribution in [1.29, 1.82) is 0 Å². The molecule has 0 atom stereocenters. The standard InChI is InChI=1S/C7H5BrClNO/c8-3-7(11)5-1-2-10-4-6(5)9/h1-2,4H,3H2. The molecule has 0 spiro atoms. The van der Waals surface area contributed by atoms with Gasteiger partial charge in [-0.25, -0.2) is 0 Å². The summed E-state index contributed by atoms with van der Waals surface area (Å²) in [5.41, 5.74) is 0.513. The first-order chi connectivity index (χ1) is 5.25. The van der Waals surface area contributed by atoms with Crippen LogP contribution in [-0.2, 0) is 0 Å². The minimum absolute atomic E-state index is 0.0302. The number of ketones is 1. The Morgan fingerprint density at radius 2 is 2.45 bits per heavy atom. The normalized spacial score (nSPS) is 9.64. The third kappa shape index (κ3) is 2.01. The van der Waals surface area contributed by atoms with Gasteiger partial charge >= 0.3 is 0 Å². The van der Waals surface area contributed by atoms with Gasteiger partial charge in [0.2, 0.25) is 0 Å². The van der Waals surface area contributed by atoms with E-state index in [0.717, 1.165) is 0 Å². The number of nitrogens with zero attached hydrogens (tertiary/aromatic N) is 1. The van der Waals surface area contributed by atoms with E-state index in [9.17, 15) is 4.79 Å². The highest BCUT2D eigenvalue weighted by Gasteiger charge is 2.06. The summed E-state index contributed by atoms with van der Waals surface area (Å²) < 4.78 is 0. The fraction of sp³-hybridized carbons (Fsp3) is 0.143. The van der Waals surface area contributed by atoms with Crippen LogP contribution in [0.1, 0.15) is 10.4 Å². The molecule has 2 nitrogen and oxygen atoms in total. The number of hydrogen-bond acceptors (Lipinski definition) is 2. The number of rotatable bonds is 2. The fourth-order valence-corrected chi connectivity index (χ4v) is 1.20. The van der Waals surface area contributed by atoms with E-state index in [2.05, 4.69) is 20.9 Å². The van der Waals surface area contributed by atoms with Crippen LogP contribution in [0, 0.1) is 0 Å². The van der Waals surface area contributed by atoms with Gasteiger partial charge in [-0.2, -0.15) is 0 Å². The van der Waals surface area contributed by atoms with Crippen LogP contribution in [0.2, 0.25) is 5.02 Å². The van der Waals surface area contributed by atoms with Gasteiger partial charge in [-0.15, -0.1) is 0 Å². The molecule has 1 aromatic heterocycles. The number of carbonyl (C=O) groups is 1. The number of aromatic nitrogens is 1. The first kappa shape index (κ1) is 8.68. The molecule has 1 heterocycles. The molecule has 1 aromatic rings. The van der Waals surface area contributed by atoms with Gasteiger partial charge in [-0.1, -0.05) is 27.5 Å². The van der Waals surface area contributed by atoms with Crippen LogP contribution in [-0.4, -0.2) is 16.1 Å². The molecule has 0 radical (unpaired) electrons. The number of hydrogen-bond donors (Lipinski definition) is 0. The molecular formula is C7H5BrClNO. The summed E-state index contributed by atoms with van der Waals surface area (Å²) in [6.07, 6.45) is 3.00. The Morgan fingerprint density at radius 3 is 3.00 bits per heavy atom. The minimum Gasteiger partial charge on any atom is -0.293 e. The molecule has 0 amide bonds. The van der Waals surface area contributed by atoms with Crippen molar-refractivity contribution in [1.82, 2.24) is 4.98 Å². The minimum atomic E-state index is -0.0302. The highest BCUT2D eigenvalue weighted by atomic mass is 79.9. The quantitative estimate of drug-likeness (QED) is 0.581. The SMILES string of the molecule is O=C(CBr)c1ccncc1Cl. The van der Waals surface area contributed by atoms with Gasteiger partial charge < -0.3 is 0 Å². The maximum Gasteiger partial charge on any atom is 0.174 e. The topological polar surface area (TPSA) is 30.0 Å². The lowest BCUT2D eigenvalue weighted by molar-refractivity contribution is 0.102. The zero-order valence-corrected chi connectivity index (χ0v) is 7.89. The third-order valence-corrected chi connectivity index (χ3v) is 2.00. The van der Waals surface area contributed by atoms with E-state index in [0.29, 0.717) is 10.6 Å². The molecule has 0 bridgehead atoms. The summed E-state index contributed by atoms with van der Waals surface area (Å²) in [6, 6.07) is 1.60. The van der Waals surface area contributed by atoms with Crippen molar-refractivity contribution in [2.45, 2.75) is 0 Å². The number of alkyl halides is 1. The average Bonchev–Trinajstić information content (AvgIpc) is 2.04. The van der Waals surface area contributed by atoms with Gasteiger partial charge in [-0.3, -0.25) is 9.78 Å². The molecule has 0 aromatic carbocycles. The first-order valence-corrected chi connectivity index (χ1v) is 4.44. The predicted molar refractivity (Wildman–Crippen MR) is 47.4 cm³/mol. The molecule has 1 rings (SSSR count). The summed E-state index contributed by atoms with van der Waals surface area (Å²) in [7, 11) is 0. The van der Waals surface area contributed by atoms with Crippen LogP contribution in [0.15, 0.2) is 18.5 Å². The average molecular weight is 234 g/mol. The molecule has 0 saturated carbocycles. The van der Waals surface area contributed by atoms with E-state index >= 15 is 0 Å². The van der Waals surface area contributed by atoms with Crippen molar-refractivity contribution in [3.63, 3.8) is 0 Å². The lowest BCUT2D eigenvalue weighted by Gasteiger charge is -1.97. The van der Waals surface area contributed by atoms with Gasteiger partial charge in [0, 0.05) is 18.0 Å². The lowest BCUT2D eigenvalue weighted by Crippen LogP contribution is -2.00. The van der Waals surface area contributed by atoms with Crippen LogP contribution >= 0.6 is 27.5 Å². The Hall–Kier alpha value is -0.410. The lowest BCUT2D eigenvalue weighted by atomic mass is 10.2. The second-order valence-corrected chi connectivity index (χ2v) is 2.88. The van der Waals surface area contributed by atoms with Crippen LogP contribution in [0.25, 0.3) is 0 Å². The second kappa shape index (κ2) is 3.83. The van der Waals surface area contributed by atoms with Crippen LogP contribution < -0.4 is 0 Å². The zero-order valence-electron chi connectivity index (χ0n) is 5.55. The van der Waals surface area contributed by atoms with Crippen molar-refractivity contribution in [3.8, 4) is 0 Å². The Bertz CT molecular complexity index is 277. The fourth-order valence-electron chi connectivity index (χ4n) is 0.673. The summed E-state index contributed by atoms with van der Waals surface area (Å²) in [5.74, 6) is -0.0302. The molecule has 0 aliphatic heterocycles. The first-order valence-electron chi connectivity index (χ1n) is 2.94. The van der Waals surface area contributed by atoms with E-state index in [-0.39, 0.29) is 11.1 Å². The summed E-state index contributed by atoms with van der Waals surface area (Å²) >= 11 is 8.75. The molecule has 0 aliphatic rings. The highest BCUT2D eigenvalue weighted by Crippen LogP contribution is 2.14. The Balaban J connectivity index is 3.03. The van der Waals surface area contributed by atoms with Gasteiger partial charge in [0.1, 0.15) is 0 Å².